The predicted molar refractivity (Wildman–Crippen MR) is 129 cm³/mol. The number of amidine groups is 1. The van der Waals surface area contributed by atoms with E-state index >= 15 is 0 Å². The standard InChI is InChI=1S/C23H18ClN5O3S/c1-13-10-18(28-22(31)19-6-7-20(24)33-19)17(11-14(13)12-25)21(30)27-15-2-4-16(5-3-15)29-8-9-32-23(29)26/h2-7,10-11,26H,8-9H2,1H3,(H,27,30)(H,28,31). The zero-order valence-electron chi connectivity index (χ0n) is 17.4. The topological polar surface area (TPSA) is 118 Å². The molecule has 1 aromatic heterocycles. The number of nitrogens with zero attached hydrogens (tertiary/aromatic N) is 2. The smallest absolute Gasteiger partial charge is 0.289 e. The zero-order chi connectivity index (χ0) is 23.5. The van der Waals surface area contributed by atoms with Crippen LogP contribution in [0.1, 0.15) is 31.2 Å². The minimum absolute atomic E-state index is 0.0860. The van der Waals surface area contributed by atoms with Crippen LogP contribution in [0.3, 0.4) is 0 Å². The lowest BCUT2D eigenvalue weighted by molar-refractivity contribution is 0.102. The van der Waals surface area contributed by atoms with E-state index in [1.165, 1.54) is 6.07 Å². The van der Waals surface area contributed by atoms with Gasteiger partial charge in [0.15, 0.2) is 0 Å². The number of aryl methyl sites for hydroxylation is 1. The number of rotatable bonds is 5. The minimum atomic E-state index is -0.476. The number of hydrogen-bond donors (Lipinski definition) is 3. The molecule has 0 spiro atoms. The number of benzene rings is 2. The Morgan fingerprint density at radius 1 is 1.15 bits per heavy atom. The summed E-state index contributed by atoms with van der Waals surface area (Å²) in [5.74, 6) is -0.874. The molecule has 0 saturated carbocycles. The molecule has 3 aromatic rings. The van der Waals surface area contributed by atoms with Gasteiger partial charge in [-0.3, -0.25) is 19.9 Å². The number of halogens is 1. The van der Waals surface area contributed by atoms with Gasteiger partial charge in [0, 0.05) is 11.4 Å². The summed E-state index contributed by atoms with van der Waals surface area (Å²) in [6, 6.07) is 15.4. The summed E-state index contributed by atoms with van der Waals surface area (Å²) in [4.78, 5) is 27.8. The molecule has 2 heterocycles. The molecular weight excluding hydrogens is 462 g/mol. The van der Waals surface area contributed by atoms with E-state index in [1.54, 1.807) is 54.3 Å². The van der Waals surface area contributed by atoms with Gasteiger partial charge in [0.2, 0.25) is 0 Å². The molecule has 1 saturated heterocycles. The van der Waals surface area contributed by atoms with E-state index in [0.717, 1.165) is 17.0 Å². The highest BCUT2D eigenvalue weighted by Gasteiger charge is 2.21. The maximum Gasteiger partial charge on any atom is 0.289 e. The molecule has 0 bridgehead atoms. The largest absolute Gasteiger partial charge is 0.463 e. The van der Waals surface area contributed by atoms with Gasteiger partial charge in [-0.15, -0.1) is 11.3 Å². The first-order chi connectivity index (χ1) is 15.9. The number of hydrogen-bond acceptors (Lipinski definition) is 6. The Hall–Kier alpha value is -3.87. The monoisotopic (exact) mass is 479 g/mol. The molecule has 0 atom stereocenters. The Bertz CT molecular complexity index is 1300. The molecule has 1 fully saturated rings. The van der Waals surface area contributed by atoms with Crippen LogP contribution in [0.4, 0.5) is 17.1 Å². The number of amides is 2. The van der Waals surface area contributed by atoms with Crippen LogP contribution >= 0.6 is 22.9 Å². The van der Waals surface area contributed by atoms with Gasteiger partial charge in [-0.1, -0.05) is 11.6 Å². The summed E-state index contributed by atoms with van der Waals surface area (Å²) in [6.45, 7) is 2.78. The SMILES string of the molecule is Cc1cc(NC(=O)c2ccc(Cl)s2)c(C(=O)Nc2ccc(N3CCOC3=N)cc2)cc1C#N. The molecule has 1 aliphatic heterocycles. The van der Waals surface area contributed by atoms with E-state index in [-0.39, 0.29) is 17.3 Å². The van der Waals surface area contributed by atoms with Crippen molar-refractivity contribution < 1.29 is 14.3 Å². The number of ether oxygens (including phenoxy) is 1. The van der Waals surface area contributed by atoms with E-state index in [9.17, 15) is 14.9 Å². The van der Waals surface area contributed by atoms with E-state index in [0.29, 0.717) is 39.2 Å². The minimum Gasteiger partial charge on any atom is -0.463 e. The first kappa shape index (κ1) is 22.3. The molecule has 2 aromatic carbocycles. The summed E-state index contributed by atoms with van der Waals surface area (Å²) in [6.07, 6.45) is 0. The fraction of sp³-hybridized carbons (Fsp3) is 0.130. The molecule has 0 unspecified atom stereocenters. The number of carbonyl (C=O) groups is 2. The van der Waals surface area contributed by atoms with Crippen molar-refractivity contribution in [2.24, 2.45) is 0 Å². The van der Waals surface area contributed by atoms with Crippen LogP contribution in [0, 0.1) is 23.7 Å². The average Bonchev–Trinajstić information content (AvgIpc) is 3.42. The Balaban J connectivity index is 1.57. The molecule has 0 aliphatic carbocycles. The summed E-state index contributed by atoms with van der Waals surface area (Å²) >= 11 is 7.05. The quantitative estimate of drug-likeness (QED) is 0.483. The molecule has 2 amide bonds. The van der Waals surface area contributed by atoms with Crippen molar-refractivity contribution in [1.82, 2.24) is 0 Å². The van der Waals surface area contributed by atoms with E-state index in [1.807, 2.05) is 0 Å². The third-order valence-corrected chi connectivity index (χ3v) is 6.24. The van der Waals surface area contributed by atoms with Gasteiger partial charge in [0.05, 0.1) is 38.6 Å². The lowest BCUT2D eigenvalue weighted by Crippen LogP contribution is -2.23. The number of nitriles is 1. The molecule has 166 valence electrons. The Kier molecular flexibility index (Phi) is 6.31. The van der Waals surface area contributed by atoms with Gasteiger partial charge < -0.3 is 15.4 Å². The summed E-state index contributed by atoms with van der Waals surface area (Å²) in [5, 5.41) is 22.7. The van der Waals surface area contributed by atoms with Gasteiger partial charge in [0.1, 0.15) is 6.61 Å². The molecular formula is C23H18ClN5O3S. The number of carbonyl (C=O) groups excluding carboxylic acids is 2. The second-order valence-electron chi connectivity index (χ2n) is 7.19. The van der Waals surface area contributed by atoms with Crippen LogP contribution in [0.5, 0.6) is 0 Å². The van der Waals surface area contributed by atoms with Gasteiger partial charge in [-0.25, -0.2) is 0 Å². The number of anilines is 3. The van der Waals surface area contributed by atoms with Gasteiger partial charge >= 0.3 is 0 Å². The Morgan fingerprint density at radius 3 is 2.52 bits per heavy atom. The van der Waals surface area contributed by atoms with Crippen molar-refractivity contribution in [1.29, 1.82) is 10.7 Å². The predicted octanol–water partition coefficient (Wildman–Crippen LogP) is 4.86. The highest BCUT2D eigenvalue weighted by atomic mass is 35.5. The van der Waals surface area contributed by atoms with Crippen LogP contribution in [0.2, 0.25) is 4.34 Å². The van der Waals surface area contributed by atoms with E-state index in [4.69, 9.17) is 21.7 Å². The van der Waals surface area contributed by atoms with Crippen molar-refractivity contribution >= 4 is 57.8 Å². The van der Waals surface area contributed by atoms with Crippen molar-refractivity contribution in [3.8, 4) is 6.07 Å². The first-order valence-electron chi connectivity index (χ1n) is 9.87. The fourth-order valence-corrected chi connectivity index (χ4v) is 4.26. The van der Waals surface area contributed by atoms with Crippen LogP contribution in [-0.2, 0) is 4.74 Å². The Morgan fingerprint density at radius 2 is 1.91 bits per heavy atom. The van der Waals surface area contributed by atoms with Crippen molar-refractivity contribution in [3.05, 3.63) is 74.4 Å². The van der Waals surface area contributed by atoms with Crippen LogP contribution in [-0.4, -0.2) is 31.0 Å². The number of nitrogens with one attached hydrogen (secondary N) is 3. The van der Waals surface area contributed by atoms with Gasteiger partial charge in [0.25, 0.3) is 17.8 Å². The van der Waals surface area contributed by atoms with Gasteiger partial charge in [-0.05, 0) is 61.0 Å². The van der Waals surface area contributed by atoms with E-state index in [2.05, 4.69) is 16.7 Å². The summed E-state index contributed by atoms with van der Waals surface area (Å²) in [7, 11) is 0. The van der Waals surface area contributed by atoms with Crippen molar-refractivity contribution in [2.75, 3.05) is 28.7 Å². The molecule has 33 heavy (non-hydrogen) atoms. The van der Waals surface area contributed by atoms with Crippen LogP contribution in [0.25, 0.3) is 0 Å². The third kappa shape index (κ3) is 4.82. The fourth-order valence-electron chi connectivity index (χ4n) is 3.32. The molecule has 8 nitrogen and oxygen atoms in total. The maximum absolute atomic E-state index is 13.1. The highest BCUT2D eigenvalue weighted by Crippen LogP contribution is 2.27. The summed E-state index contributed by atoms with van der Waals surface area (Å²) in [5.41, 5.74) is 2.72. The van der Waals surface area contributed by atoms with Crippen molar-refractivity contribution in [3.63, 3.8) is 0 Å². The van der Waals surface area contributed by atoms with Crippen LogP contribution in [0.15, 0.2) is 48.5 Å². The lowest BCUT2D eigenvalue weighted by atomic mass is 10.0. The third-order valence-electron chi connectivity index (χ3n) is 5.01. The molecule has 4 rings (SSSR count). The molecule has 0 radical (unpaired) electrons. The normalized spacial score (nSPS) is 12.8. The average molecular weight is 480 g/mol. The number of thiophene rings is 1. The van der Waals surface area contributed by atoms with E-state index < -0.39 is 11.8 Å². The zero-order valence-corrected chi connectivity index (χ0v) is 19.0. The molecule has 1 aliphatic rings. The summed E-state index contributed by atoms with van der Waals surface area (Å²) < 4.78 is 5.63. The highest BCUT2D eigenvalue weighted by molar-refractivity contribution is 7.18. The second kappa shape index (κ2) is 9.32. The Labute approximate surface area is 198 Å². The lowest BCUT2D eigenvalue weighted by Gasteiger charge is -2.16. The van der Waals surface area contributed by atoms with Crippen molar-refractivity contribution in [2.45, 2.75) is 6.92 Å². The molecule has 3 N–H and O–H groups in total. The van der Waals surface area contributed by atoms with Crippen LogP contribution < -0.4 is 15.5 Å². The molecule has 10 heteroatoms. The van der Waals surface area contributed by atoms with Gasteiger partial charge in [-0.2, -0.15) is 5.26 Å². The maximum atomic E-state index is 13.1. The second-order valence-corrected chi connectivity index (χ2v) is 8.90. The first-order valence-corrected chi connectivity index (χ1v) is 11.1.